The third-order valence-electron chi connectivity index (χ3n) is 4.24. The molecule has 1 saturated carbocycles. The fraction of sp³-hybridized carbons (Fsp3) is 1.00. The Morgan fingerprint density at radius 2 is 1.89 bits per heavy atom. The highest BCUT2D eigenvalue weighted by Gasteiger charge is 2.25. The molecule has 0 spiro atoms. The molecule has 108 valence electrons. The van der Waals surface area contributed by atoms with Gasteiger partial charge in [-0.05, 0) is 38.1 Å². The van der Waals surface area contributed by atoms with Crippen molar-refractivity contribution in [1.82, 2.24) is 5.32 Å². The van der Waals surface area contributed by atoms with Crippen LogP contribution >= 0.6 is 0 Å². The van der Waals surface area contributed by atoms with Crippen molar-refractivity contribution in [2.24, 2.45) is 5.92 Å². The smallest absolute Gasteiger partial charge is 0.0394 e. The van der Waals surface area contributed by atoms with Gasteiger partial charge in [0.05, 0.1) is 0 Å². The van der Waals surface area contributed by atoms with Gasteiger partial charge in [-0.15, -0.1) is 0 Å². The van der Waals surface area contributed by atoms with E-state index in [9.17, 15) is 4.21 Å². The number of hydrogen-bond acceptors (Lipinski definition) is 2. The van der Waals surface area contributed by atoms with E-state index in [1.165, 1.54) is 38.5 Å². The first-order valence-electron chi connectivity index (χ1n) is 7.79. The van der Waals surface area contributed by atoms with Crippen molar-refractivity contribution in [2.45, 2.75) is 77.0 Å². The van der Waals surface area contributed by atoms with Crippen LogP contribution in [0, 0.1) is 5.92 Å². The van der Waals surface area contributed by atoms with Crippen LogP contribution in [0.15, 0.2) is 0 Å². The minimum atomic E-state index is -0.663. The van der Waals surface area contributed by atoms with E-state index in [0.717, 1.165) is 24.6 Å². The van der Waals surface area contributed by atoms with Crippen LogP contribution in [0.3, 0.4) is 0 Å². The molecule has 0 aliphatic heterocycles. The van der Waals surface area contributed by atoms with Crippen molar-refractivity contribution in [3.8, 4) is 0 Å². The lowest BCUT2D eigenvalue weighted by molar-refractivity contribution is 0.284. The Bertz CT molecular complexity index is 239. The average Bonchev–Trinajstić information content (AvgIpc) is 2.43. The molecule has 1 aliphatic carbocycles. The molecule has 0 bridgehead atoms. The van der Waals surface area contributed by atoms with E-state index in [0.29, 0.717) is 11.3 Å². The van der Waals surface area contributed by atoms with E-state index in [4.69, 9.17) is 0 Å². The molecule has 0 radical (unpaired) electrons. The third kappa shape index (κ3) is 5.40. The molecule has 3 atom stereocenters. The van der Waals surface area contributed by atoms with E-state index >= 15 is 0 Å². The monoisotopic (exact) mass is 273 g/mol. The topological polar surface area (TPSA) is 29.1 Å². The highest BCUT2D eigenvalue weighted by molar-refractivity contribution is 7.85. The van der Waals surface area contributed by atoms with Gasteiger partial charge in [0.25, 0.3) is 0 Å². The lowest BCUT2D eigenvalue weighted by Gasteiger charge is -2.31. The Kier molecular flexibility index (Phi) is 8.16. The Labute approximate surface area is 116 Å². The van der Waals surface area contributed by atoms with E-state index in [2.05, 4.69) is 26.1 Å². The lowest BCUT2D eigenvalue weighted by Crippen LogP contribution is -2.42. The van der Waals surface area contributed by atoms with Gasteiger partial charge in [-0.2, -0.15) is 0 Å². The van der Waals surface area contributed by atoms with E-state index < -0.39 is 10.8 Å². The van der Waals surface area contributed by atoms with E-state index in [-0.39, 0.29) is 0 Å². The molecule has 0 heterocycles. The molecule has 3 unspecified atom stereocenters. The number of rotatable bonds is 8. The van der Waals surface area contributed by atoms with Crippen LogP contribution in [0.2, 0.25) is 0 Å². The number of nitrogens with one attached hydrogen (secondary N) is 1. The van der Waals surface area contributed by atoms with Gasteiger partial charge in [-0.1, -0.05) is 40.0 Å². The van der Waals surface area contributed by atoms with Gasteiger partial charge < -0.3 is 5.32 Å². The second kappa shape index (κ2) is 9.08. The van der Waals surface area contributed by atoms with Crippen molar-refractivity contribution in [2.75, 3.05) is 12.3 Å². The van der Waals surface area contributed by atoms with Crippen molar-refractivity contribution >= 4 is 10.8 Å². The van der Waals surface area contributed by atoms with Crippen molar-refractivity contribution < 1.29 is 4.21 Å². The summed E-state index contributed by atoms with van der Waals surface area (Å²) in [7, 11) is -0.663. The molecular weight excluding hydrogens is 242 g/mol. The van der Waals surface area contributed by atoms with Crippen molar-refractivity contribution in [3.05, 3.63) is 0 Å². The van der Waals surface area contributed by atoms with Crippen LogP contribution in [0.5, 0.6) is 0 Å². The maximum absolute atomic E-state index is 12.3. The summed E-state index contributed by atoms with van der Waals surface area (Å²) in [4.78, 5) is 0. The normalized spacial score (nSPS) is 22.6. The van der Waals surface area contributed by atoms with Crippen LogP contribution in [-0.4, -0.2) is 27.8 Å². The molecule has 1 fully saturated rings. The van der Waals surface area contributed by atoms with E-state index in [1.54, 1.807) is 0 Å². The standard InChI is InChI=1S/C15H31NOS/c1-4-11-16-15(12-18(17)13(3)5-2)14-9-7-6-8-10-14/h13-16H,4-12H2,1-3H3. The Hall–Kier alpha value is 0.110. The minimum Gasteiger partial charge on any atom is -0.313 e. The summed E-state index contributed by atoms with van der Waals surface area (Å²) in [6.45, 7) is 7.53. The zero-order valence-electron chi connectivity index (χ0n) is 12.4. The second-order valence-electron chi connectivity index (χ2n) is 5.72. The molecular formula is C15H31NOS. The highest BCUT2D eigenvalue weighted by atomic mass is 32.2. The third-order valence-corrected chi connectivity index (χ3v) is 6.16. The summed E-state index contributed by atoms with van der Waals surface area (Å²) in [5.74, 6) is 1.62. The SMILES string of the molecule is CCCNC(CS(=O)C(C)CC)C1CCCCC1. The van der Waals surface area contributed by atoms with Gasteiger partial charge in [0.1, 0.15) is 0 Å². The summed E-state index contributed by atoms with van der Waals surface area (Å²) < 4.78 is 12.3. The van der Waals surface area contributed by atoms with Crippen LogP contribution in [0.25, 0.3) is 0 Å². The molecule has 0 amide bonds. The fourth-order valence-electron chi connectivity index (χ4n) is 2.76. The predicted molar refractivity (Wildman–Crippen MR) is 81.4 cm³/mol. The first kappa shape index (κ1) is 16.2. The molecule has 2 nitrogen and oxygen atoms in total. The highest BCUT2D eigenvalue weighted by Crippen LogP contribution is 2.27. The first-order valence-corrected chi connectivity index (χ1v) is 9.17. The molecule has 0 aromatic carbocycles. The molecule has 18 heavy (non-hydrogen) atoms. The largest absolute Gasteiger partial charge is 0.313 e. The van der Waals surface area contributed by atoms with Gasteiger partial charge >= 0.3 is 0 Å². The quantitative estimate of drug-likeness (QED) is 0.733. The molecule has 1 N–H and O–H groups in total. The maximum atomic E-state index is 12.3. The van der Waals surface area contributed by atoms with Crippen LogP contribution < -0.4 is 5.32 Å². The molecule has 3 heteroatoms. The van der Waals surface area contributed by atoms with Crippen LogP contribution in [0.4, 0.5) is 0 Å². The van der Waals surface area contributed by atoms with Gasteiger partial charge in [-0.3, -0.25) is 4.21 Å². The summed E-state index contributed by atoms with van der Waals surface area (Å²) in [6.07, 6.45) is 8.98. The van der Waals surface area contributed by atoms with Crippen molar-refractivity contribution in [3.63, 3.8) is 0 Å². The van der Waals surface area contributed by atoms with Crippen molar-refractivity contribution in [1.29, 1.82) is 0 Å². The summed E-state index contributed by atoms with van der Waals surface area (Å²) >= 11 is 0. The molecule has 0 aromatic rings. The fourth-order valence-corrected chi connectivity index (χ4v) is 4.20. The number of hydrogen-bond donors (Lipinski definition) is 1. The average molecular weight is 273 g/mol. The second-order valence-corrected chi connectivity index (χ2v) is 7.62. The zero-order valence-corrected chi connectivity index (χ0v) is 13.2. The Balaban J connectivity index is 2.50. The van der Waals surface area contributed by atoms with Gasteiger partial charge in [-0.25, -0.2) is 0 Å². The predicted octanol–water partition coefficient (Wildman–Crippen LogP) is 3.48. The first-order chi connectivity index (χ1) is 8.69. The lowest BCUT2D eigenvalue weighted by atomic mass is 9.84. The summed E-state index contributed by atoms with van der Waals surface area (Å²) in [5, 5.41) is 4.00. The van der Waals surface area contributed by atoms with Gasteiger partial charge in [0.15, 0.2) is 0 Å². The molecule has 0 saturated heterocycles. The Morgan fingerprint density at radius 1 is 1.22 bits per heavy atom. The van der Waals surface area contributed by atoms with Crippen LogP contribution in [0.1, 0.15) is 65.7 Å². The summed E-state index contributed by atoms with van der Waals surface area (Å²) in [6, 6.07) is 0.486. The molecule has 0 aromatic heterocycles. The maximum Gasteiger partial charge on any atom is 0.0394 e. The molecule has 1 aliphatic rings. The van der Waals surface area contributed by atoms with Gasteiger partial charge in [0, 0.05) is 27.8 Å². The zero-order chi connectivity index (χ0) is 13.4. The Morgan fingerprint density at radius 3 is 2.44 bits per heavy atom. The minimum absolute atomic E-state index is 0.347. The summed E-state index contributed by atoms with van der Waals surface area (Å²) in [5.41, 5.74) is 0. The van der Waals surface area contributed by atoms with Gasteiger partial charge in [0.2, 0.25) is 0 Å². The molecule has 1 rings (SSSR count). The van der Waals surface area contributed by atoms with Crippen LogP contribution in [-0.2, 0) is 10.8 Å². The van der Waals surface area contributed by atoms with E-state index in [1.807, 2.05) is 0 Å².